The van der Waals surface area contributed by atoms with Crippen molar-refractivity contribution >= 4 is 0 Å². The van der Waals surface area contributed by atoms with Gasteiger partial charge in [0.1, 0.15) is 0 Å². The number of nitrogens with one attached hydrogen (secondary N) is 2. The summed E-state index contributed by atoms with van der Waals surface area (Å²) >= 11 is 0. The summed E-state index contributed by atoms with van der Waals surface area (Å²) in [7, 11) is 0. The topological polar surface area (TPSA) is 101 Å². The van der Waals surface area contributed by atoms with E-state index in [2.05, 4.69) is 24.5 Å². The van der Waals surface area contributed by atoms with Gasteiger partial charge in [0.25, 0.3) is 0 Å². The molecule has 0 fully saturated rings. The van der Waals surface area contributed by atoms with Crippen LogP contribution in [-0.2, 0) is 18.9 Å². The van der Waals surface area contributed by atoms with Gasteiger partial charge in [-0.1, -0.05) is 52.4 Å². The molecule has 0 heterocycles. The highest BCUT2D eigenvalue weighted by Crippen LogP contribution is 1.98. The van der Waals surface area contributed by atoms with Gasteiger partial charge in [-0.3, -0.25) is 0 Å². The maximum absolute atomic E-state index is 9.83. The molecule has 0 rings (SSSR count). The van der Waals surface area contributed by atoms with E-state index in [9.17, 15) is 10.2 Å². The van der Waals surface area contributed by atoms with Crippen molar-refractivity contribution in [3.8, 4) is 0 Å². The van der Waals surface area contributed by atoms with Gasteiger partial charge in [0.15, 0.2) is 0 Å². The van der Waals surface area contributed by atoms with Crippen LogP contribution in [0.2, 0.25) is 0 Å². The fraction of sp³-hybridized carbons (Fsp3) is 1.00. The third-order valence-electron chi connectivity index (χ3n) is 4.91. The van der Waals surface area contributed by atoms with E-state index in [0.29, 0.717) is 65.9 Å². The van der Waals surface area contributed by atoms with Crippen LogP contribution in [0.3, 0.4) is 0 Å². The molecule has 4 N–H and O–H groups in total. The van der Waals surface area contributed by atoms with Crippen LogP contribution in [0.4, 0.5) is 0 Å². The van der Waals surface area contributed by atoms with Gasteiger partial charge in [-0.25, -0.2) is 0 Å². The van der Waals surface area contributed by atoms with Crippen molar-refractivity contribution in [2.75, 3.05) is 79.0 Å². The first-order chi connectivity index (χ1) is 15.7. The molecule has 32 heavy (non-hydrogen) atoms. The molecule has 0 aliphatic rings. The molecule has 0 aromatic rings. The Morgan fingerprint density at radius 3 is 1.28 bits per heavy atom. The lowest BCUT2D eigenvalue weighted by Crippen LogP contribution is -2.31. The predicted molar refractivity (Wildman–Crippen MR) is 129 cm³/mol. The van der Waals surface area contributed by atoms with Crippen LogP contribution in [0.15, 0.2) is 0 Å². The van der Waals surface area contributed by atoms with Crippen LogP contribution in [0, 0.1) is 0 Å². The highest BCUT2D eigenvalue weighted by Gasteiger charge is 2.04. The number of ether oxygens (including phenoxy) is 4. The molecule has 0 saturated heterocycles. The van der Waals surface area contributed by atoms with Gasteiger partial charge in [0.05, 0.1) is 65.1 Å². The second-order valence-corrected chi connectivity index (χ2v) is 8.21. The molecule has 0 spiro atoms. The largest absolute Gasteiger partial charge is 0.389 e. The smallest absolute Gasteiger partial charge is 0.0897 e. The first kappa shape index (κ1) is 31.7. The van der Waals surface area contributed by atoms with E-state index in [-0.39, 0.29) is 0 Å². The van der Waals surface area contributed by atoms with Gasteiger partial charge < -0.3 is 39.8 Å². The number of hydrogen-bond acceptors (Lipinski definition) is 8. The summed E-state index contributed by atoms with van der Waals surface area (Å²) in [5.41, 5.74) is 0. The molecule has 2 unspecified atom stereocenters. The zero-order chi connectivity index (χ0) is 23.5. The van der Waals surface area contributed by atoms with E-state index >= 15 is 0 Å². The Labute approximate surface area is 196 Å². The van der Waals surface area contributed by atoms with Crippen molar-refractivity contribution in [2.45, 2.75) is 77.4 Å². The van der Waals surface area contributed by atoms with E-state index < -0.39 is 12.2 Å². The number of unbranched alkanes of at least 4 members (excludes halogenated alkanes) is 6. The summed E-state index contributed by atoms with van der Waals surface area (Å²) < 4.78 is 21.7. The zero-order valence-electron chi connectivity index (χ0n) is 20.8. The summed E-state index contributed by atoms with van der Waals surface area (Å²) in [6, 6.07) is 0. The van der Waals surface area contributed by atoms with Gasteiger partial charge in [-0.05, 0) is 25.9 Å². The Morgan fingerprint density at radius 1 is 0.531 bits per heavy atom. The number of aliphatic hydroxyl groups excluding tert-OH is 2. The highest BCUT2D eigenvalue weighted by molar-refractivity contribution is 4.59. The molecule has 8 nitrogen and oxygen atoms in total. The molecule has 0 aromatic heterocycles. The Balaban J connectivity index is 3.19. The highest BCUT2D eigenvalue weighted by atomic mass is 16.6. The third-order valence-corrected chi connectivity index (χ3v) is 4.91. The van der Waals surface area contributed by atoms with Gasteiger partial charge in [-0.2, -0.15) is 0 Å². The van der Waals surface area contributed by atoms with Gasteiger partial charge in [0, 0.05) is 13.1 Å². The van der Waals surface area contributed by atoms with Crippen LogP contribution in [0.1, 0.15) is 65.2 Å². The second-order valence-electron chi connectivity index (χ2n) is 8.21. The monoisotopic (exact) mass is 464 g/mol. The Kier molecular flexibility index (Phi) is 26.7. The summed E-state index contributed by atoms with van der Waals surface area (Å²) in [4.78, 5) is 0. The molecule has 0 aliphatic heterocycles. The zero-order valence-corrected chi connectivity index (χ0v) is 20.8. The number of rotatable bonds is 27. The molecule has 0 saturated carbocycles. The van der Waals surface area contributed by atoms with Gasteiger partial charge in [-0.15, -0.1) is 0 Å². The molecular weight excluding hydrogens is 412 g/mol. The van der Waals surface area contributed by atoms with Gasteiger partial charge >= 0.3 is 0 Å². The fourth-order valence-corrected chi connectivity index (χ4v) is 3.01. The lowest BCUT2D eigenvalue weighted by Gasteiger charge is -2.13. The first-order valence-electron chi connectivity index (χ1n) is 12.8. The average molecular weight is 465 g/mol. The standard InChI is InChI=1S/C24H52N2O6/c1-3-5-7-9-11-25-19-23(27)21-31-17-15-29-13-14-30-16-18-32-22-24(28)20-26-12-10-8-6-4-2/h23-28H,3-22H2,1-2H3. The lowest BCUT2D eigenvalue weighted by molar-refractivity contribution is -0.0238. The molecule has 0 radical (unpaired) electrons. The summed E-state index contributed by atoms with van der Waals surface area (Å²) in [6.07, 6.45) is 8.85. The second kappa shape index (κ2) is 26.9. The molecule has 0 aromatic carbocycles. The van der Waals surface area contributed by atoms with Crippen LogP contribution < -0.4 is 10.6 Å². The Morgan fingerprint density at radius 2 is 0.906 bits per heavy atom. The average Bonchev–Trinajstić information content (AvgIpc) is 2.79. The molecule has 2 atom stereocenters. The van der Waals surface area contributed by atoms with E-state index in [1.807, 2.05) is 0 Å². The molecule has 194 valence electrons. The van der Waals surface area contributed by atoms with Gasteiger partial charge in [0.2, 0.25) is 0 Å². The number of hydrogen-bond donors (Lipinski definition) is 4. The molecule has 0 amide bonds. The minimum atomic E-state index is -0.482. The van der Waals surface area contributed by atoms with E-state index in [1.54, 1.807) is 0 Å². The first-order valence-corrected chi connectivity index (χ1v) is 12.8. The van der Waals surface area contributed by atoms with Crippen molar-refractivity contribution in [1.29, 1.82) is 0 Å². The van der Waals surface area contributed by atoms with Crippen LogP contribution in [0.5, 0.6) is 0 Å². The molecule has 0 bridgehead atoms. The van der Waals surface area contributed by atoms with Crippen LogP contribution >= 0.6 is 0 Å². The van der Waals surface area contributed by atoms with Crippen LogP contribution in [0.25, 0.3) is 0 Å². The lowest BCUT2D eigenvalue weighted by atomic mass is 10.2. The summed E-state index contributed by atoms with van der Waals surface area (Å²) in [5.74, 6) is 0. The van der Waals surface area contributed by atoms with Crippen molar-refractivity contribution in [3.05, 3.63) is 0 Å². The Bertz CT molecular complexity index is 320. The normalized spacial score (nSPS) is 13.5. The number of aliphatic hydroxyl groups is 2. The SMILES string of the molecule is CCCCCCNCC(O)COCCOCCOCCOCC(O)CNCCCCCC. The van der Waals surface area contributed by atoms with Crippen molar-refractivity contribution in [1.82, 2.24) is 10.6 Å². The van der Waals surface area contributed by atoms with E-state index in [4.69, 9.17) is 18.9 Å². The minimum absolute atomic E-state index is 0.319. The predicted octanol–water partition coefficient (Wildman–Crippen LogP) is 2.11. The maximum atomic E-state index is 9.83. The minimum Gasteiger partial charge on any atom is -0.389 e. The fourth-order valence-electron chi connectivity index (χ4n) is 3.01. The van der Waals surface area contributed by atoms with E-state index in [1.165, 1.54) is 38.5 Å². The summed E-state index contributed by atoms with van der Waals surface area (Å²) in [5, 5.41) is 26.2. The van der Waals surface area contributed by atoms with Crippen LogP contribution in [-0.4, -0.2) is 101 Å². The van der Waals surface area contributed by atoms with Crippen molar-refractivity contribution in [3.63, 3.8) is 0 Å². The quantitative estimate of drug-likeness (QED) is 0.137. The maximum Gasteiger partial charge on any atom is 0.0897 e. The molecule has 8 heteroatoms. The van der Waals surface area contributed by atoms with E-state index in [0.717, 1.165) is 25.9 Å². The molecular formula is C24H52N2O6. The molecule has 0 aliphatic carbocycles. The third kappa shape index (κ3) is 25.9. The van der Waals surface area contributed by atoms with Crippen molar-refractivity contribution in [2.24, 2.45) is 0 Å². The Hall–Kier alpha value is -0.320. The van der Waals surface area contributed by atoms with Crippen molar-refractivity contribution < 1.29 is 29.2 Å². The summed E-state index contributed by atoms with van der Waals surface area (Å²) in [6.45, 7) is 10.9.